The minimum absolute atomic E-state index is 0. The van der Waals surface area contributed by atoms with Gasteiger partial charge in [-0.25, -0.2) is 36.8 Å². The number of nitrogens with zero attached hydrogens (tertiary/aromatic N) is 6. The predicted molar refractivity (Wildman–Crippen MR) is 345 cm³/mol. The van der Waals surface area contributed by atoms with Crippen molar-refractivity contribution in [2.75, 3.05) is 13.1 Å². The van der Waals surface area contributed by atoms with Crippen LogP contribution in [0.15, 0.2) is 159 Å². The Bertz CT molecular complexity index is 4870. The van der Waals surface area contributed by atoms with Crippen molar-refractivity contribution in [1.82, 2.24) is 29.9 Å². The molecule has 0 amide bonds. The zero-order chi connectivity index (χ0) is 69.3. The Morgan fingerprint density at radius 2 is 0.653 bits per heavy atom. The van der Waals surface area contributed by atoms with Crippen LogP contribution in [0.25, 0.3) is 12.2 Å². The molecular formula is C64H72N12Na4O14S4. The molecule has 0 spiro atoms. The smallest absolute Gasteiger partial charge is 0.872 e. The molecule has 8 aromatic rings. The van der Waals surface area contributed by atoms with Gasteiger partial charge >= 0.3 is 118 Å². The zero-order valence-corrected chi connectivity index (χ0v) is 68.8. The maximum absolute atomic E-state index is 13.6. The van der Waals surface area contributed by atoms with Crippen molar-refractivity contribution in [2.45, 2.75) is 137 Å². The topological polar surface area (TPSA) is 438 Å². The van der Waals surface area contributed by atoms with Gasteiger partial charge in [0.2, 0.25) is 33.7 Å². The number of H-pyrrole nitrogens is 6. The van der Waals surface area contributed by atoms with E-state index in [2.05, 4.69) is 59.9 Å². The molecule has 26 nitrogen and oxygen atoms in total. The average molecular weight is 1450 g/mol. The number of benzene rings is 6. The first-order chi connectivity index (χ1) is 43.4. The molecule has 0 aliphatic heterocycles. The number of hydrogen-bond acceptors (Lipinski definition) is 18. The first-order valence-electron chi connectivity index (χ1n) is 29.2. The van der Waals surface area contributed by atoms with E-state index in [0.717, 1.165) is 47.5 Å². The van der Waals surface area contributed by atoms with Gasteiger partial charge in [0.25, 0.3) is 20.2 Å². The molecule has 8 N–H and O–H groups in total. The van der Waals surface area contributed by atoms with Crippen LogP contribution in [0.5, 0.6) is 11.5 Å². The molecule has 0 bridgehead atoms. The van der Waals surface area contributed by atoms with Crippen LogP contribution in [0.1, 0.15) is 128 Å². The van der Waals surface area contributed by atoms with E-state index >= 15 is 0 Å². The van der Waals surface area contributed by atoms with E-state index < -0.39 is 81.7 Å². The summed E-state index contributed by atoms with van der Waals surface area (Å²) in [6.45, 7) is 23.8. The molecule has 8 rings (SSSR count). The van der Waals surface area contributed by atoms with Crippen molar-refractivity contribution >= 4 is 75.4 Å². The second-order valence-corrected chi connectivity index (χ2v) is 31.8. The minimum atomic E-state index is -5.07. The van der Waals surface area contributed by atoms with E-state index in [0.29, 0.717) is 35.1 Å². The molecule has 2 heterocycles. The molecule has 0 unspecified atom stereocenters. The monoisotopic (exact) mass is 1450 g/mol. The summed E-state index contributed by atoms with van der Waals surface area (Å²) in [5.41, 5.74) is 1.81. The first-order valence-corrected chi connectivity index (χ1v) is 34.9. The Morgan fingerprint density at radius 3 is 0.908 bits per heavy atom. The standard InChI is InChI=1S/C64H76N12O14S4.4Na/c1-61(2,3)47-29-37(30-48(53(47)77)62(4,5)6)25-27-65-55-71-57(67-41-15-13-17-45(33-41)91(79,80)81)75-59(73-55)69-43-23-21-39(51(35-43)93(85,86)87)19-20-40-22-24-44(36-52(40)94(88,89)90)70-60-74-56(72-58(76-60)68-42-16-14-18-46(34-42)92(82,83)84)66-28-26-38-31-49(63(7,8)9)54(78)50(32-38)64(10,11)12;;;;/h13-24,29-36,77-78H,25-28H2,1-12H3,(H,79,80,81)(H,82,83,84)(H,85,86,87)(H,88,89,90)(H3,65,67,69,71,73,75)(H3,66,68,70,72,74,76);;;;/q;4*+1/p-4/b20-19+;;;;. The van der Waals surface area contributed by atoms with Gasteiger partial charge in [0.1, 0.15) is 30.0 Å². The van der Waals surface area contributed by atoms with Gasteiger partial charge in [0.15, 0.2) is 0 Å². The average Bonchev–Trinajstić information content (AvgIpc) is 0.793. The zero-order valence-electron chi connectivity index (χ0n) is 57.5. The Kier molecular flexibility index (Phi) is 29.2. The maximum atomic E-state index is 13.6. The summed E-state index contributed by atoms with van der Waals surface area (Å²) in [5.74, 6) is -0.0749. The Balaban J connectivity index is 0.00000510. The number of aromatic nitrogens is 6. The molecule has 0 atom stereocenters. The largest absolute Gasteiger partial charge is 1.00 e. The van der Waals surface area contributed by atoms with Gasteiger partial charge in [-0.15, -0.1) is 11.5 Å². The predicted octanol–water partition coefficient (Wildman–Crippen LogP) is -5.30. The normalized spacial score (nSPS) is 13.9. The molecule has 0 aliphatic carbocycles. The molecule has 34 heteroatoms. The summed E-state index contributed by atoms with van der Waals surface area (Å²) >= 11 is 0. The second kappa shape index (κ2) is 33.5. The van der Waals surface area contributed by atoms with Crippen molar-refractivity contribution in [2.24, 2.45) is 30.0 Å². The number of hydrogen-bond donors (Lipinski definition) is 8. The third-order valence-electron chi connectivity index (χ3n) is 14.5. The fourth-order valence-corrected chi connectivity index (χ4v) is 12.2. The third kappa shape index (κ3) is 23.3. The van der Waals surface area contributed by atoms with Crippen LogP contribution >= 0.6 is 0 Å². The Morgan fingerprint density at radius 1 is 0.388 bits per heavy atom. The van der Waals surface area contributed by atoms with Gasteiger partial charge in [-0.05, 0) is 140 Å². The van der Waals surface area contributed by atoms with Crippen LogP contribution in [-0.2, 0) is 75.0 Å². The molecule has 6 aromatic carbocycles. The van der Waals surface area contributed by atoms with Crippen LogP contribution in [0.4, 0.5) is 22.7 Å². The van der Waals surface area contributed by atoms with E-state index in [1.54, 1.807) is 0 Å². The maximum Gasteiger partial charge on any atom is 1.00 e. The third-order valence-corrected chi connectivity index (χ3v) is 17.9. The van der Waals surface area contributed by atoms with Gasteiger partial charge in [-0.2, -0.15) is 16.8 Å². The van der Waals surface area contributed by atoms with Gasteiger partial charge in [0, 0.05) is 13.1 Å². The molecule has 0 fully saturated rings. The van der Waals surface area contributed by atoms with Gasteiger partial charge in [-0.1, -0.05) is 144 Å². The van der Waals surface area contributed by atoms with Gasteiger partial charge in [-0.3, -0.25) is 49.0 Å². The Hall–Kier alpha value is -4.88. The minimum Gasteiger partial charge on any atom is -0.872 e. The van der Waals surface area contributed by atoms with Crippen LogP contribution < -0.4 is 162 Å². The SMILES string of the molecule is CC(C)(C)c1cc(CCN=c2[nH]c(=Nc3cccc(S(=O)(=O)[O-])c3)[nH]c(=Nc3ccc(/C=C/c4ccc(N=c5[nH]c(=NCCc6cc(C(C)(C)C)c([O-])c(C(C)(C)C)c6)[nH]c(=Nc6cccc(S(=O)(=O)[O-])c6)[nH]5)cc4S(=O)(=O)O)c(S(=O)(=O)O)c3)[nH]2)cc(C(C)(C)C)c1[O-].[Na+].[Na+].[Na+].[Na+]. The summed E-state index contributed by atoms with van der Waals surface area (Å²) < 4.78 is 145. The summed E-state index contributed by atoms with van der Waals surface area (Å²) in [6, 6.07) is 24.5. The van der Waals surface area contributed by atoms with Gasteiger partial charge < -0.3 is 19.3 Å². The number of aromatic amines is 6. The number of nitrogens with one attached hydrogen (secondary N) is 6. The first kappa shape index (κ1) is 85.5. The van der Waals surface area contributed by atoms with Crippen LogP contribution in [0, 0.1) is 0 Å². The van der Waals surface area contributed by atoms with E-state index in [-0.39, 0.29) is 210 Å². The van der Waals surface area contributed by atoms with E-state index in [9.17, 15) is 62.1 Å². The van der Waals surface area contributed by atoms with Crippen molar-refractivity contribution in [3.63, 3.8) is 0 Å². The van der Waals surface area contributed by atoms with Crippen molar-refractivity contribution in [3.8, 4) is 11.5 Å². The quantitative estimate of drug-likeness (QED) is 0.0255. The van der Waals surface area contributed by atoms with Crippen LogP contribution in [-0.4, -0.2) is 94.9 Å². The van der Waals surface area contributed by atoms with E-state index in [1.807, 2.05) is 107 Å². The summed E-state index contributed by atoms with van der Waals surface area (Å²) in [7, 11) is -19.9. The van der Waals surface area contributed by atoms with Crippen molar-refractivity contribution < 1.29 is 180 Å². The van der Waals surface area contributed by atoms with Crippen molar-refractivity contribution in [1.29, 1.82) is 0 Å². The van der Waals surface area contributed by atoms with E-state index in [4.69, 9.17) is 0 Å². The van der Waals surface area contributed by atoms with Gasteiger partial charge in [0.05, 0.1) is 32.5 Å². The van der Waals surface area contributed by atoms with Crippen molar-refractivity contribution in [3.05, 3.63) is 187 Å². The van der Waals surface area contributed by atoms with E-state index in [1.165, 1.54) is 60.7 Å². The number of rotatable bonds is 16. The molecule has 0 saturated heterocycles. The fourth-order valence-electron chi connectivity index (χ4n) is 9.75. The molecule has 0 saturated carbocycles. The Labute approximate surface area is 657 Å². The van der Waals surface area contributed by atoms with Crippen LogP contribution in [0.2, 0.25) is 0 Å². The second-order valence-electron chi connectivity index (χ2n) is 26.2. The molecule has 2 aromatic heterocycles. The summed E-state index contributed by atoms with van der Waals surface area (Å²) in [5, 5.41) is 27.2. The molecule has 500 valence electrons. The fraction of sp³-hybridized carbons (Fsp3) is 0.312. The van der Waals surface area contributed by atoms with Crippen LogP contribution in [0.3, 0.4) is 0 Å². The summed E-state index contributed by atoms with van der Waals surface area (Å²) in [6.07, 6.45) is 3.08. The molecular weight excluding hydrogens is 1380 g/mol. The molecule has 98 heavy (non-hydrogen) atoms. The molecule has 0 radical (unpaired) electrons. The summed E-state index contributed by atoms with van der Waals surface area (Å²) in [4.78, 5) is 42.4. The molecule has 0 aliphatic rings.